The summed E-state index contributed by atoms with van der Waals surface area (Å²) in [7, 11) is 3.07. The Morgan fingerprint density at radius 3 is 2.58 bits per heavy atom. The molecule has 0 spiro atoms. The predicted octanol–water partition coefficient (Wildman–Crippen LogP) is 2.88. The summed E-state index contributed by atoms with van der Waals surface area (Å²) in [6, 6.07) is 13.3. The van der Waals surface area contributed by atoms with Gasteiger partial charge >= 0.3 is 0 Å². The lowest BCUT2D eigenvalue weighted by molar-refractivity contribution is 0.0947. The lowest BCUT2D eigenvalue weighted by Crippen LogP contribution is -2.24. The minimum Gasteiger partial charge on any atom is -0.493 e. The van der Waals surface area contributed by atoms with Crippen LogP contribution in [-0.2, 0) is 13.1 Å². The quantitative estimate of drug-likeness (QED) is 0.711. The lowest BCUT2D eigenvalue weighted by atomic mass is 10.1. The zero-order chi connectivity index (χ0) is 18.4. The van der Waals surface area contributed by atoms with Crippen LogP contribution in [0.4, 0.5) is 0 Å². The molecule has 0 aliphatic heterocycles. The third-order valence-corrected chi connectivity index (χ3v) is 4.12. The van der Waals surface area contributed by atoms with Gasteiger partial charge in [0.25, 0.3) is 5.91 Å². The number of aromatic nitrogens is 2. The van der Waals surface area contributed by atoms with E-state index in [4.69, 9.17) is 9.47 Å². The molecular formula is C20H21N3O3. The van der Waals surface area contributed by atoms with Crippen LogP contribution in [-0.4, -0.2) is 29.7 Å². The van der Waals surface area contributed by atoms with Crippen molar-refractivity contribution in [2.75, 3.05) is 14.2 Å². The number of methoxy groups -OCH3 is 2. The second kappa shape index (κ2) is 8.20. The van der Waals surface area contributed by atoms with Crippen LogP contribution >= 0.6 is 0 Å². The number of amides is 1. The molecule has 1 heterocycles. The van der Waals surface area contributed by atoms with Crippen molar-refractivity contribution in [1.29, 1.82) is 0 Å². The van der Waals surface area contributed by atoms with Crippen molar-refractivity contribution < 1.29 is 14.3 Å². The van der Waals surface area contributed by atoms with Crippen molar-refractivity contribution in [3.05, 3.63) is 77.9 Å². The number of hydrogen-bond acceptors (Lipinski definition) is 4. The van der Waals surface area contributed by atoms with E-state index in [1.165, 1.54) is 7.11 Å². The molecule has 1 amide bonds. The molecule has 6 nitrogen and oxygen atoms in total. The minimum absolute atomic E-state index is 0.210. The van der Waals surface area contributed by atoms with E-state index >= 15 is 0 Å². The van der Waals surface area contributed by atoms with Gasteiger partial charge in [-0.3, -0.25) is 4.79 Å². The van der Waals surface area contributed by atoms with Crippen molar-refractivity contribution in [3.63, 3.8) is 0 Å². The van der Waals surface area contributed by atoms with E-state index in [1.54, 1.807) is 37.8 Å². The third kappa shape index (κ3) is 3.85. The van der Waals surface area contributed by atoms with Crippen LogP contribution in [0, 0.1) is 0 Å². The van der Waals surface area contributed by atoms with Gasteiger partial charge in [-0.1, -0.05) is 30.3 Å². The average molecular weight is 351 g/mol. The molecule has 1 N–H and O–H groups in total. The van der Waals surface area contributed by atoms with E-state index in [0.717, 1.165) is 11.1 Å². The van der Waals surface area contributed by atoms with Crippen LogP contribution in [0.25, 0.3) is 0 Å². The first kappa shape index (κ1) is 17.5. The minimum atomic E-state index is -0.210. The lowest BCUT2D eigenvalue weighted by Gasteiger charge is -2.14. The fourth-order valence-corrected chi connectivity index (χ4v) is 2.80. The highest BCUT2D eigenvalue weighted by Crippen LogP contribution is 2.30. The van der Waals surface area contributed by atoms with E-state index in [1.807, 2.05) is 35.0 Å². The predicted molar refractivity (Wildman–Crippen MR) is 98.5 cm³/mol. The molecule has 3 rings (SSSR count). The van der Waals surface area contributed by atoms with E-state index in [9.17, 15) is 4.79 Å². The number of carbonyl (C=O) groups excluding carboxylic acids is 1. The van der Waals surface area contributed by atoms with Crippen molar-refractivity contribution >= 4 is 5.91 Å². The Kier molecular flexibility index (Phi) is 5.53. The molecule has 0 unspecified atom stereocenters. The van der Waals surface area contributed by atoms with Gasteiger partial charge in [0.05, 0.1) is 26.1 Å². The Hall–Kier alpha value is -3.28. The summed E-state index contributed by atoms with van der Waals surface area (Å²) in [6.45, 7) is 1.12. The maximum Gasteiger partial charge on any atom is 0.255 e. The highest BCUT2D eigenvalue weighted by molar-refractivity contribution is 5.97. The van der Waals surface area contributed by atoms with Crippen LogP contribution in [0.15, 0.2) is 61.2 Å². The van der Waals surface area contributed by atoms with Gasteiger partial charge in [0, 0.05) is 25.5 Å². The van der Waals surface area contributed by atoms with Gasteiger partial charge in [-0.25, -0.2) is 4.98 Å². The number of para-hydroxylation sites is 1. The fraction of sp³-hybridized carbons (Fsp3) is 0.200. The summed E-state index contributed by atoms with van der Waals surface area (Å²) in [5.41, 5.74) is 2.62. The molecule has 0 saturated carbocycles. The Labute approximate surface area is 152 Å². The maximum absolute atomic E-state index is 12.6. The van der Waals surface area contributed by atoms with Gasteiger partial charge in [0.1, 0.15) is 0 Å². The van der Waals surface area contributed by atoms with Crippen LogP contribution < -0.4 is 14.8 Å². The highest BCUT2D eigenvalue weighted by Gasteiger charge is 2.16. The molecule has 26 heavy (non-hydrogen) atoms. The Morgan fingerprint density at radius 2 is 1.88 bits per heavy atom. The standard InChI is InChI=1S/C20H21N3O3/c1-25-18-9-5-8-17(19(18)26-2)20(24)22-12-15-6-3-4-7-16(15)13-23-11-10-21-14-23/h3-11,14H,12-13H2,1-2H3,(H,22,24). The van der Waals surface area contributed by atoms with Crippen molar-refractivity contribution in [3.8, 4) is 11.5 Å². The monoisotopic (exact) mass is 351 g/mol. The summed E-state index contributed by atoms with van der Waals surface area (Å²) < 4.78 is 12.6. The van der Waals surface area contributed by atoms with E-state index in [0.29, 0.717) is 30.2 Å². The molecule has 134 valence electrons. The summed E-state index contributed by atoms with van der Waals surface area (Å²) in [6.07, 6.45) is 5.44. The topological polar surface area (TPSA) is 65.4 Å². The second-order valence-corrected chi connectivity index (χ2v) is 5.73. The summed E-state index contributed by atoms with van der Waals surface area (Å²) in [5.74, 6) is 0.748. The highest BCUT2D eigenvalue weighted by atomic mass is 16.5. The smallest absolute Gasteiger partial charge is 0.255 e. The molecule has 0 atom stereocenters. The van der Waals surface area contributed by atoms with E-state index < -0.39 is 0 Å². The average Bonchev–Trinajstić information content (AvgIpc) is 3.19. The Bertz CT molecular complexity index is 876. The summed E-state index contributed by atoms with van der Waals surface area (Å²) in [4.78, 5) is 16.7. The normalized spacial score (nSPS) is 10.4. The van der Waals surface area contributed by atoms with Crippen LogP contribution in [0.1, 0.15) is 21.5 Å². The number of rotatable bonds is 7. The zero-order valence-electron chi connectivity index (χ0n) is 14.8. The molecule has 0 saturated heterocycles. The van der Waals surface area contributed by atoms with Crippen LogP contribution in [0.2, 0.25) is 0 Å². The molecule has 3 aromatic rings. The summed E-state index contributed by atoms with van der Waals surface area (Å²) >= 11 is 0. The van der Waals surface area contributed by atoms with E-state index in [-0.39, 0.29) is 5.91 Å². The van der Waals surface area contributed by atoms with Crippen molar-refractivity contribution in [2.24, 2.45) is 0 Å². The number of carbonyl (C=O) groups is 1. The van der Waals surface area contributed by atoms with Gasteiger partial charge in [0.15, 0.2) is 11.5 Å². The molecule has 6 heteroatoms. The van der Waals surface area contributed by atoms with Gasteiger partial charge in [-0.05, 0) is 23.3 Å². The van der Waals surface area contributed by atoms with Crippen molar-refractivity contribution in [1.82, 2.24) is 14.9 Å². The van der Waals surface area contributed by atoms with Gasteiger partial charge in [0.2, 0.25) is 0 Å². The number of ether oxygens (including phenoxy) is 2. The number of benzene rings is 2. The SMILES string of the molecule is COc1cccc(C(=O)NCc2ccccc2Cn2ccnc2)c1OC. The molecule has 0 aliphatic rings. The maximum atomic E-state index is 12.6. The Balaban J connectivity index is 1.75. The zero-order valence-corrected chi connectivity index (χ0v) is 14.8. The first-order valence-electron chi connectivity index (χ1n) is 8.24. The Morgan fingerprint density at radius 1 is 1.08 bits per heavy atom. The molecular weight excluding hydrogens is 330 g/mol. The van der Waals surface area contributed by atoms with E-state index in [2.05, 4.69) is 10.3 Å². The second-order valence-electron chi connectivity index (χ2n) is 5.73. The van der Waals surface area contributed by atoms with Gasteiger partial charge < -0.3 is 19.4 Å². The van der Waals surface area contributed by atoms with Crippen LogP contribution in [0.5, 0.6) is 11.5 Å². The molecule has 0 bridgehead atoms. The molecule has 2 aromatic carbocycles. The van der Waals surface area contributed by atoms with Gasteiger partial charge in [-0.2, -0.15) is 0 Å². The van der Waals surface area contributed by atoms with Crippen molar-refractivity contribution in [2.45, 2.75) is 13.1 Å². The number of nitrogens with zero attached hydrogens (tertiary/aromatic N) is 2. The number of nitrogens with one attached hydrogen (secondary N) is 1. The molecule has 0 radical (unpaired) electrons. The molecule has 1 aromatic heterocycles. The number of hydrogen-bond donors (Lipinski definition) is 1. The van der Waals surface area contributed by atoms with Crippen LogP contribution in [0.3, 0.4) is 0 Å². The first-order chi connectivity index (χ1) is 12.7. The number of imidazole rings is 1. The summed E-state index contributed by atoms with van der Waals surface area (Å²) in [5, 5.41) is 2.96. The largest absolute Gasteiger partial charge is 0.493 e. The van der Waals surface area contributed by atoms with Gasteiger partial charge in [-0.15, -0.1) is 0 Å². The first-order valence-corrected chi connectivity index (χ1v) is 8.24. The third-order valence-electron chi connectivity index (χ3n) is 4.12. The molecule has 0 fully saturated rings. The fourth-order valence-electron chi connectivity index (χ4n) is 2.80. The molecule has 0 aliphatic carbocycles.